The standard InChI is InChI=1S/C23H19N3O6/c27-16-7-3-6-14-18(16)26-15-8-11-17(12-9-24-13-5-2-1-4-10(12)13)23(31,22(29)30)32-21(11)20(28)19(15)25-14/h1-7,9,11,17,20-21,24,27-28,31H,8H2,(H,29,30)/t11-,17-,20-,21+,23?/m0/s1. The molecule has 5 N–H and O–H groups in total. The fourth-order valence-corrected chi connectivity index (χ4v) is 5.23. The molecule has 1 fully saturated rings. The largest absolute Gasteiger partial charge is 0.506 e. The number of hydrogen-bond acceptors (Lipinski definition) is 7. The maximum Gasteiger partial charge on any atom is 0.364 e. The summed E-state index contributed by atoms with van der Waals surface area (Å²) in [5.41, 5.74) is 2.79. The average Bonchev–Trinajstić information content (AvgIpc) is 3.32. The third-order valence-electron chi connectivity index (χ3n) is 6.65. The number of aliphatic hydroxyl groups is 2. The van der Waals surface area contributed by atoms with Crippen molar-refractivity contribution in [2.45, 2.75) is 30.3 Å². The van der Waals surface area contributed by atoms with Gasteiger partial charge >= 0.3 is 5.97 Å². The zero-order chi connectivity index (χ0) is 22.2. The first-order chi connectivity index (χ1) is 15.4. The van der Waals surface area contributed by atoms with E-state index in [1.807, 2.05) is 24.3 Å². The minimum atomic E-state index is -2.54. The number of carbonyl (C=O) groups is 1. The first kappa shape index (κ1) is 19.2. The van der Waals surface area contributed by atoms with Gasteiger partial charge in [-0.2, -0.15) is 0 Å². The summed E-state index contributed by atoms with van der Waals surface area (Å²) in [6.07, 6.45) is -0.390. The second kappa shape index (κ2) is 6.49. The van der Waals surface area contributed by atoms with Crippen molar-refractivity contribution in [3.8, 4) is 5.75 Å². The molecule has 1 saturated heterocycles. The lowest BCUT2D eigenvalue weighted by atomic mass is 9.73. The zero-order valence-electron chi connectivity index (χ0n) is 16.6. The number of phenolic OH excluding ortho intramolecular Hbond substituents is 1. The van der Waals surface area contributed by atoms with Crippen LogP contribution >= 0.6 is 0 Å². The SMILES string of the molecule is O=C(O)C1(O)O[C@@H]2[C@@H](Cc3nc4c(O)cccc4nc3[C@@H]2O)[C@H]1c1c[nH]c2ccccc12. The third-order valence-corrected chi connectivity index (χ3v) is 6.65. The van der Waals surface area contributed by atoms with E-state index in [-0.39, 0.29) is 17.9 Å². The van der Waals surface area contributed by atoms with Crippen LogP contribution < -0.4 is 0 Å². The van der Waals surface area contributed by atoms with E-state index in [1.54, 1.807) is 18.3 Å². The Hall–Kier alpha value is -3.53. The summed E-state index contributed by atoms with van der Waals surface area (Å²) in [7, 11) is 0. The molecule has 9 nitrogen and oxygen atoms in total. The van der Waals surface area contributed by atoms with Gasteiger partial charge in [-0.25, -0.2) is 14.8 Å². The maximum atomic E-state index is 12.2. The number of H-pyrrole nitrogens is 1. The number of aliphatic carboxylic acids is 1. The quantitative estimate of drug-likeness (QED) is 0.322. The number of benzene rings is 2. The van der Waals surface area contributed by atoms with Crippen LogP contribution in [0.25, 0.3) is 21.9 Å². The van der Waals surface area contributed by atoms with Gasteiger partial charge in [-0.05, 0) is 30.2 Å². The number of carboxylic acid groups (broad SMARTS) is 1. The Morgan fingerprint density at radius 1 is 1.16 bits per heavy atom. The molecule has 1 aliphatic carbocycles. The second-order valence-electron chi connectivity index (χ2n) is 8.36. The maximum absolute atomic E-state index is 12.2. The molecule has 0 spiro atoms. The number of aromatic hydroxyl groups is 1. The number of hydrogen-bond donors (Lipinski definition) is 5. The van der Waals surface area contributed by atoms with Crippen molar-refractivity contribution in [2.75, 3.05) is 0 Å². The Balaban J connectivity index is 1.54. The van der Waals surface area contributed by atoms with E-state index >= 15 is 0 Å². The van der Waals surface area contributed by atoms with Gasteiger partial charge in [-0.1, -0.05) is 24.3 Å². The van der Waals surface area contributed by atoms with Crippen molar-refractivity contribution in [3.05, 3.63) is 65.6 Å². The van der Waals surface area contributed by atoms with Crippen LogP contribution in [0.2, 0.25) is 0 Å². The van der Waals surface area contributed by atoms with E-state index in [0.717, 1.165) is 10.9 Å². The summed E-state index contributed by atoms with van der Waals surface area (Å²) in [6, 6.07) is 12.2. The molecule has 162 valence electrons. The molecule has 1 aliphatic heterocycles. The number of nitrogens with one attached hydrogen (secondary N) is 1. The van der Waals surface area contributed by atoms with Crippen LogP contribution in [0.4, 0.5) is 0 Å². The molecule has 4 aromatic rings. The van der Waals surface area contributed by atoms with Crippen LogP contribution in [0.15, 0.2) is 48.7 Å². The number of carboxylic acids is 1. The van der Waals surface area contributed by atoms with Crippen molar-refractivity contribution in [1.29, 1.82) is 0 Å². The van der Waals surface area contributed by atoms with Crippen molar-refractivity contribution in [1.82, 2.24) is 15.0 Å². The number of para-hydroxylation sites is 2. The lowest BCUT2D eigenvalue weighted by Crippen LogP contribution is -2.43. The van der Waals surface area contributed by atoms with E-state index in [0.29, 0.717) is 22.3 Å². The van der Waals surface area contributed by atoms with E-state index in [4.69, 9.17) is 4.74 Å². The normalized spacial score (nSPS) is 29.2. The molecule has 0 radical (unpaired) electrons. The summed E-state index contributed by atoms with van der Waals surface area (Å²) in [5.74, 6) is -5.65. The predicted octanol–water partition coefficient (Wildman–Crippen LogP) is 1.98. The molecule has 2 aliphatic rings. The molecular formula is C23H19N3O6. The Kier molecular flexibility index (Phi) is 3.89. The van der Waals surface area contributed by atoms with Gasteiger partial charge in [0, 0.05) is 23.0 Å². The fourth-order valence-electron chi connectivity index (χ4n) is 5.23. The van der Waals surface area contributed by atoms with E-state index in [1.165, 1.54) is 6.07 Å². The molecule has 1 unspecified atom stereocenters. The molecule has 32 heavy (non-hydrogen) atoms. The topological polar surface area (TPSA) is 149 Å². The minimum Gasteiger partial charge on any atom is -0.506 e. The van der Waals surface area contributed by atoms with E-state index < -0.39 is 35.8 Å². The van der Waals surface area contributed by atoms with Gasteiger partial charge in [0.25, 0.3) is 5.79 Å². The van der Waals surface area contributed by atoms with Crippen LogP contribution in [0.3, 0.4) is 0 Å². The zero-order valence-corrected chi connectivity index (χ0v) is 16.6. The number of phenols is 1. The molecule has 0 amide bonds. The highest BCUT2D eigenvalue weighted by Crippen LogP contribution is 2.54. The Bertz CT molecular complexity index is 1400. The molecule has 0 saturated carbocycles. The number of rotatable bonds is 2. The molecule has 6 rings (SSSR count). The van der Waals surface area contributed by atoms with Gasteiger partial charge in [0.15, 0.2) is 0 Å². The Labute approximate surface area is 180 Å². The molecule has 2 aromatic heterocycles. The van der Waals surface area contributed by atoms with E-state index in [9.17, 15) is 25.2 Å². The fraction of sp³-hybridized carbons (Fsp3) is 0.261. The summed E-state index contributed by atoms with van der Waals surface area (Å²) in [6.45, 7) is 0. The van der Waals surface area contributed by atoms with Gasteiger partial charge in [0.1, 0.15) is 17.4 Å². The lowest BCUT2D eigenvalue weighted by molar-refractivity contribution is -0.229. The van der Waals surface area contributed by atoms with Gasteiger partial charge in [-0.3, -0.25) is 0 Å². The number of ether oxygens (including phenoxy) is 1. The summed E-state index contributed by atoms with van der Waals surface area (Å²) < 4.78 is 5.68. The van der Waals surface area contributed by atoms with Crippen LogP contribution in [0.5, 0.6) is 5.75 Å². The monoisotopic (exact) mass is 433 g/mol. The lowest BCUT2D eigenvalue weighted by Gasteiger charge is -2.31. The van der Waals surface area contributed by atoms with Gasteiger partial charge < -0.3 is 30.1 Å². The second-order valence-corrected chi connectivity index (χ2v) is 8.36. The highest BCUT2D eigenvalue weighted by molar-refractivity contribution is 5.86. The van der Waals surface area contributed by atoms with Gasteiger partial charge in [0.2, 0.25) is 0 Å². The van der Waals surface area contributed by atoms with Crippen molar-refractivity contribution in [2.24, 2.45) is 5.92 Å². The number of aromatic amines is 1. The Morgan fingerprint density at radius 3 is 2.78 bits per heavy atom. The van der Waals surface area contributed by atoms with Crippen molar-refractivity contribution < 1.29 is 30.0 Å². The number of aliphatic hydroxyl groups excluding tert-OH is 1. The number of nitrogens with zero attached hydrogens (tertiary/aromatic N) is 2. The first-order valence-corrected chi connectivity index (χ1v) is 10.2. The predicted molar refractivity (Wildman–Crippen MR) is 112 cm³/mol. The van der Waals surface area contributed by atoms with Gasteiger partial charge in [-0.15, -0.1) is 0 Å². The van der Waals surface area contributed by atoms with Crippen LogP contribution in [-0.4, -0.2) is 53.2 Å². The van der Waals surface area contributed by atoms with Crippen LogP contribution in [0, 0.1) is 5.92 Å². The average molecular weight is 433 g/mol. The molecule has 0 bridgehead atoms. The van der Waals surface area contributed by atoms with Gasteiger partial charge in [0.05, 0.1) is 28.9 Å². The summed E-state index contributed by atoms with van der Waals surface area (Å²) in [5, 5.41) is 43.2. The molecule has 5 atom stereocenters. The third kappa shape index (κ3) is 2.46. The molecular weight excluding hydrogens is 414 g/mol. The number of fused-ring (bicyclic) bond motifs is 4. The van der Waals surface area contributed by atoms with Crippen molar-refractivity contribution >= 4 is 27.9 Å². The van der Waals surface area contributed by atoms with Crippen LogP contribution in [0.1, 0.15) is 29.0 Å². The first-order valence-electron chi connectivity index (χ1n) is 10.2. The van der Waals surface area contributed by atoms with Crippen molar-refractivity contribution in [3.63, 3.8) is 0 Å². The molecule has 2 aromatic carbocycles. The highest BCUT2D eigenvalue weighted by atomic mass is 16.7. The molecule has 3 heterocycles. The summed E-state index contributed by atoms with van der Waals surface area (Å²) >= 11 is 0. The molecule has 9 heteroatoms. The highest BCUT2D eigenvalue weighted by Gasteiger charge is 2.63. The smallest absolute Gasteiger partial charge is 0.364 e. The summed E-state index contributed by atoms with van der Waals surface area (Å²) in [4.78, 5) is 24.3. The van der Waals surface area contributed by atoms with Crippen LogP contribution in [-0.2, 0) is 16.0 Å². The minimum absolute atomic E-state index is 0.0349. The number of aromatic nitrogens is 3. The van der Waals surface area contributed by atoms with E-state index in [2.05, 4.69) is 15.0 Å². The Morgan fingerprint density at radius 2 is 1.97 bits per heavy atom.